The van der Waals surface area contributed by atoms with Gasteiger partial charge < -0.3 is 0 Å². The van der Waals surface area contributed by atoms with E-state index in [-0.39, 0.29) is 5.91 Å². The van der Waals surface area contributed by atoms with Crippen molar-refractivity contribution in [3.05, 3.63) is 71.3 Å². The normalized spacial score (nSPS) is 14.9. The number of rotatable bonds is 6. The highest BCUT2D eigenvalue weighted by molar-refractivity contribution is 7.97. The van der Waals surface area contributed by atoms with Crippen molar-refractivity contribution < 1.29 is 4.79 Å². The summed E-state index contributed by atoms with van der Waals surface area (Å²) in [5.74, 6) is 1.83. The van der Waals surface area contributed by atoms with Crippen LogP contribution in [0.5, 0.6) is 0 Å². The van der Waals surface area contributed by atoms with Crippen molar-refractivity contribution in [3.8, 4) is 0 Å². The fourth-order valence-corrected chi connectivity index (χ4v) is 4.19. The number of benzene rings is 2. The lowest BCUT2D eigenvalue weighted by Crippen LogP contribution is -2.20. The predicted molar refractivity (Wildman–Crippen MR) is 115 cm³/mol. The molecule has 0 atom stereocenters. The highest BCUT2D eigenvalue weighted by Gasteiger charge is 2.08. The third kappa shape index (κ3) is 6.87. The second-order valence-electron chi connectivity index (χ2n) is 7.06. The molecule has 1 N–H and O–H groups in total. The Morgan fingerprint density at radius 3 is 2.07 bits per heavy atom. The van der Waals surface area contributed by atoms with Crippen molar-refractivity contribution in [1.29, 1.82) is 0 Å². The van der Waals surface area contributed by atoms with Crippen LogP contribution in [0, 0.1) is 0 Å². The van der Waals surface area contributed by atoms with Gasteiger partial charge in [-0.3, -0.25) is 4.79 Å². The van der Waals surface area contributed by atoms with Gasteiger partial charge in [-0.05, 0) is 48.9 Å². The number of amides is 1. The first-order valence-corrected chi connectivity index (χ1v) is 11.0. The minimum Gasteiger partial charge on any atom is -0.267 e. The predicted octanol–water partition coefficient (Wildman–Crippen LogP) is 5.95. The first-order chi connectivity index (χ1) is 13.3. The number of nitrogens with one attached hydrogen (secondary N) is 1. The number of carbonyl (C=O) groups is 1. The highest BCUT2D eigenvalue weighted by Crippen LogP contribution is 2.18. The van der Waals surface area contributed by atoms with Crippen molar-refractivity contribution in [2.24, 2.45) is 5.10 Å². The summed E-state index contributed by atoms with van der Waals surface area (Å²) in [6.07, 6.45) is 8.27. The van der Waals surface area contributed by atoms with E-state index in [2.05, 4.69) is 34.8 Å². The van der Waals surface area contributed by atoms with E-state index in [0.717, 1.165) is 30.1 Å². The molecule has 3 nitrogen and oxygen atoms in total. The van der Waals surface area contributed by atoms with Crippen molar-refractivity contribution >= 4 is 23.4 Å². The maximum absolute atomic E-state index is 12.3. The van der Waals surface area contributed by atoms with Crippen LogP contribution >= 0.6 is 11.8 Å². The van der Waals surface area contributed by atoms with Crippen LogP contribution in [-0.2, 0) is 11.5 Å². The Bertz CT molecular complexity index is 731. The van der Waals surface area contributed by atoms with Crippen LogP contribution in [0.4, 0.5) is 0 Å². The minimum absolute atomic E-state index is 0.118. The third-order valence-corrected chi connectivity index (χ3v) is 5.92. The van der Waals surface area contributed by atoms with Gasteiger partial charge in [0.1, 0.15) is 0 Å². The van der Waals surface area contributed by atoms with Crippen LogP contribution in [0.1, 0.15) is 66.4 Å². The largest absolute Gasteiger partial charge is 0.271 e. The molecule has 1 aliphatic carbocycles. The summed E-state index contributed by atoms with van der Waals surface area (Å²) in [5.41, 5.74) is 7.12. The van der Waals surface area contributed by atoms with E-state index in [1.54, 1.807) is 0 Å². The molecule has 1 aliphatic rings. The summed E-state index contributed by atoms with van der Waals surface area (Å²) < 4.78 is 0. The van der Waals surface area contributed by atoms with Gasteiger partial charge in [0.2, 0.25) is 0 Å². The van der Waals surface area contributed by atoms with Crippen molar-refractivity contribution in [2.75, 3.05) is 0 Å². The molecule has 0 saturated heterocycles. The molecule has 0 aliphatic heterocycles. The molecule has 2 aromatic carbocycles. The van der Waals surface area contributed by atoms with E-state index in [1.807, 2.05) is 42.1 Å². The Balaban J connectivity index is 1.46. The van der Waals surface area contributed by atoms with Gasteiger partial charge in [0.05, 0.1) is 0 Å². The molecule has 27 heavy (non-hydrogen) atoms. The summed E-state index contributed by atoms with van der Waals surface area (Å²) in [6, 6.07) is 18.4. The molecule has 1 saturated carbocycles. The van der Waals surface area contributed by atoms with Gasteiger partial charge in [-0.25, -0.2) is 5.43 Å². The zero-order valence-corrected chi connectivity index (χ0v) is 16.6. The lowest BCUT2D eigenvalue weighted by atomic mass is 9.99. The molecule has 2 aromatic rings. The van der Waals surface area contributed by atoms with Crippen LogP contribution in [0.25, 0.3) is 0 Å². The molecule has 142 valence electrons. The molecule has 0 heterocycles. The average Bonchev–Trinajstić information content (AvgIpc) is 2.68. The van der Waals surface area contributed by atoms with Gasteiger partial charge in [0.15, 0.2) is 0 Å². The zero-order valence-electron chi connectivity index (χ0n) is 15.8. The van der Waals surface area contributed by atoms with E-state index in [4.69, 9.17) is 0 Å². The SMILES string of the molecule is O=C(NN=C1CCCCCCC1)c1ccc(CSCc2ccccc2)cc1. The average molecular weight is 381 g/mol. The molecule has 0 unspecified atom stereocenters. The lowest BCUT2D eigenvalue weighted by molar-refractivity contribution is 0.0954. The van der Waals surface area contributed by atoms with Gasteiger partial charge in [-0.15, -0.1) is 0 Å². The van der Waals surface area contributed by atoms with E-state index in [0.29, 0.717) is 5.56 Å². The third-order valence-electron chi connectivity index (χ3n) is 4.84. The fourth-order valence-electron chi connectivity index (χ4n) is 3.23. The Labute approximate surface area is 166 Å². The van der Waals surface area contributed by atoms with Gasteiger partial charge >= 0.3 is 0 Å². The molecule has 1 amide bonds. The van der Waals surface area contributed by atoms with Gasteiger partial charge in [-0.1, -0.05) is 61.7 Å². The Morgan fingerprint density at radius 1 is 0.815 bits per heavy atom. The molecule has 3 rings (SSSR count). The molecule has 0 spiro atoms. The first kappa shape index (κ1) is 19.7. The minimum atomic E-state index is -0.118. The summed E-state index contributed by atoms with van der Waals surface area (Å²) in [7, 11) is 0. The van der Waals surface area contributed by atoms with Crippen LogP contribution in [-0.4, -0.2) is 11.6 Å². The first-order valence-electron chi connectivity index (χ1n) is 9.87. The molecule has 0 aromatic heterocycles. The van der Waals surface area contributed by atoms with E-state index in [1.165, 1.54) is 43.2 Å². The second-order valence-corrected chi connectivity index (χ2v) is 8.05. The van der Waals surface area contributed by atoms with Crippen LogP contribution < -0.4 is 5.43 Å². The number of hydrogen-bond acceptors (Lipinski definition) is 3. The number of hydrazone groups is 1. The van der Waals surface area contributed by atoms with Crippen molar-refractivity contribution in [1.82, 2.24) is 5.43 Å². The molecule has 0 radical (unpaired) electrons. The van der Waals surface area contributed by atoms with Crippen molar-refractivity contribution in [3.63, 3.8) is 0 Å². The number of thioether (sulfide) groups is 1. The lowest BCUT2D eigenvalue weighted by Gasteiger charge is -2.11. The van der Waals surface area contributed by atoms with Gasteiger partial charge in [0.25, 0.3) is 5.91 Å². The zero-order chi connectivity index (χ0) is 18.7. The monoisotopic (exact) mass is 380 g/mol. The molecule has 1 fully saturated rings. The summed E-state index contributed by atoms with van der Waals surface area (Å²) >= 11 is 1.88. The number of carbonyl (C=O) groups excluding carboxylic acids is 1. The fraction of sp³-hybridized carbons (Fsp3) is 0.391. The van der Waals surface area contributed by atoms with Crippen LogP contribution in [0.15, 0.2) is 59.7 Å². The topological polar surface area (TPSA) is 41.5 Å². The second kappa shape index (κ2) is 10.9. The number of nitrogens with zero attached hydrogens (tertiary/aromatic N) is 1. The van der Waals surface area contributed by atoms with E-state index < -0.39 is 0 Å². The van der Waals surface area contributed by atoms with Gasteiger partial charge in [0, 0.05) is 22.8 Å². The van der Waals surface area contributed by atoms with Crippen molar-refractivity contribution in [2.45, 2.75) is 56.5 Å². The Hall–Kier alpha value is -2.07. The highest BCUT2D eigenvalue weighted by atomic mass is 32.2. The van der Waals surface area contributed by atoms with Crippen LogP contribution in [0.3, 0.4) is 0 Å². The quantitative estimate of drug-likeness (QED) is 0.629. The molecular formula is C23H28N2OS. The summed E-state index contributed by atoms with van der Waals surface area (Å²) in [6.45, 7) is 0. The Morgan fingerprint density at radius 2 is 1.41 bits per heavy atom. The smallest absolute Gasteiger partial charge is 0.267 e. The molecule has 4 heteroatoms. The maximum Gasteiger partial charge on any atom is 0.271 e. The summed E-state index contributed by atoms with van der Waals surface area (Å²) in [4.78, 5) is 12.3. The number of hydrogen-bond donors (Lipinski definition) is 1. The van der Waals surface area contributed by atoms with E-state index in [9.17, 15) is 4.79 Å². The van der Waals surface area contributed by atoms with Gasteiger partial charge in [-0.2, -0.15) is 16.9 Å². The molecular weight excluding hydrogens is 352 g/mol. The molecule has 0 bridgehead atoms. The Kier molecular flexibility index (Phi) is 7.97. The standard InChI is InChI=1S/C23H28N2OS/c26-23(25-24-22-11-7-2-1-3-8-12-22)21-15-13-20(14-16-21)18-27-17-19-9-5-4-6-10-19/h4-6,9-10,13-16H,1-3,7-8,11-12,17-18H2,(H,25,26). The maximum atomic E-state index is 12.3. The van der Waals surface area contributed by atoms with E-state index >= 15 is 0 Å². The van der Waals surface area contributed by atoms with Crippen LogP contribution in [0.2, 0.25) is 0 Å². The summed E-state index contributed by atoms with van der Waals surface area (Å²) in [5, 5.41) is 4.38.